The number of carbonyl (C=O) groups excluding carboxylic acids is 1. The van der Waals surface area contributed by atoms with E-state index < -0.39 is 6.04 Å². The predicted molar refractivity (Wildman–Crippen MR) is 77.9 cm³/mol. The van der Waals surface area contributed by atoms with E-state index in [1.54, 1.807) is 0 Å². The summed E-state index contributed by atoms with van der Waals surface area (Å²) in [6.45, 7) is 1.99. The number of anilines is 1. The van der Waals surface area contributed by atoms with Gasteiger partial charge in [0.1, 0.15) is 0 Å². The summed E-state index contributed by atoms with van der Waals surface area (Å²) < 4.78 is 0. The van der Waals surface area contributed by atoms with Crippen LogP contribution in [0.2, 0.25) is 0 Å². The predicted octanol–water partition coefficient (Wildman–Crippen LogP) is 2.50. The van der Waals surface area contributed by atoms with Crippen molar-refractivity contribution < 1.29 is 4.79 Å². The van der Waals surface area contributed by atoms with Gasteiger partial charge < -0.3 is 11.1 Å². The number of benzene rings is 2. The Morgan fingerprint density at radius 2 is 1.89 bits per heavy atom. The quantitative estimate of drug-likeness (QED) is 0.880. The molecule has 3 nitrogen and oxygen atoms in total. The Hall–Kier alpha value is -2.13. The third kappa shape index (κ3) is 3.93. The standard InChI is InChI=1S/C16H18N2O/c1-12-6-5-9-14(10-12)18-16(19)15(17)11-13-7-3-2-4-8-13/h2-10,15H,11,17H2,1H3,(H,18,19)/t15-/m0/s1. The Morgan fingerprint density at radius 3 is 2.58 bits per heavy atom. The molecule has 2 aromatic rings. The van der Waals surface area contributed by atoms with Crippen molar-refractivity contribution in [3.05, 3.63) is 65.7 Å². The van der Waals surface area contributed by atoms with E-state index in [1.807, 2.05) is 61.5 Å². The van der Waals surface area contributed by atoms with Crippen molar-refractivity contribution in [2.24, 2.45) is 5.73 Å². The highest BCUT2D eigenvalue weighted by molar-refractivity contribution is 5.94. The first kappa shape index (κ1) is 13.3. The minimum atomic E-state index is -0.539. The molecule has 0 unspecified atom stereocenters. The van der Waals surface area contributed by atoms with E-state index in [9.17, 15) is 4.79 Å². The summed E-state index contributed by atoms with van der Waals surface area (Å²) in [6, 6.07) is 16.9. The van der Waals surface area contributed by atoms with Crippen LogP contribution in [0, 0.1) is 6.92 Å². The van der Waals surface area contributed by atoms with E-state index in [-0.39, 0.29) is 5.91 Å². The summed E-state index contributed by atoms with van der Waals surface area (Å²) in [6.07, 6.45) is 0.540. The van der Waals surface area contributed by atoms with E-state index >= 15 is 0 Å². The summed E-state index contributed by atoms with van der Waals surface area (Å²) in [5.74, 6) is -0.158. The number of amides is 1. The maximum Gasteiger partial charge on any atom is 0.241 e. The van der Waals surface area contributed by atoms with Crippen LogP contribution in [0.3, 0.4) is 0 Å². The van der Waals surface area contributed by atoms with Crippen LogP contribution in [-0.2, 0) is 11.2 Å². The number of nitrogens with one attached hydrogen (secondary N) is 1. The normalized spacial score (nSPS) is 11.9. The van der Waals surface area contributed by atoms with E-state index in [0.717, 1.165) is 16.8 Å². The van der Waals surface area contributed by atoms with Gasteiger partial charge in [0.25, 0.3) is 0 Å². The zero-order valence-corrected chi connectivity index (χ0v) is 11.0. The zero-order valence-electron chi connectivity index (χ0n) is 11.0. The average molecular weight is 254 g/mol. The number of rotatable bonds is 4. The Labute approximate surface area is 113 Å². The lowest BCUT2D eigenvalue weighted by atomic mass is 10.1. The van der Waals surface area contributed by atoms with Crippen molar-refractivity contribution in [3.8, 4) is 0 Å². The Bertz CT molecular complexity index is 552. The summed E-state index contributed by atoms with van der Waals surface area (Å²) in [7, 11) is 0. The fraction of sp³-hybridized carbons (Fsp3) is 0.188. The lowest BCUT2D eigenvalue weighted by Gasteiger charge is -2.12. The van der Waals surface area contributed by atoms with Crippen molar-refractivity contribution in [1.82, 2.24) is 0 Å². The summed E-state index contributed by atoms with van der Waals surface area (Å²) in [5, 5.41) is 2.84. The highest BCUT2D eigenvalue weighted by Gasteiger charge is 2.14. The second kappa shape index (κ2) is 6.16. The molecule has 0 saturated carbocycles. The highest BCUT2D eigenvalue weighted by atomic mass is 16.2. The summed E-state index contributed by atoms with van der Waals surface area (Å²) >= 11 is 0. The molecule has 1 amide bonds. The molecule has 3 N–H and O–H groups in total. The topological polar surface area (TPSA) is 55.1 Å². The monoisotopic (exact) mass is 254 g/mol. The maximum atomic E-state index is 12.0. The molecule has 0 bridgehead atoms. The van der Waals surface area contributed by atoms with Crippen LogP contribution < -0.4 is 11.1 Å². The Morgan fingerprint density at radius 1 is 1.16 bits per heavy atom. The van der Waals surface area contributed by atoms with Gasteiger partial charge in [-0.1, -0.05) is 42.5 Å². The molecule has 0 radical (unpaired) electrons. The fourth-order valence-corrected chi connectivity index (χ4v) is 1.92. The molecule has 2 rings (SSSR count). The van der Waals surface area contributed by atoms with E-state index in [0.29, 0.717) is 6.42 Å². The smallest absolute Gasteiger partial charge is 0.241 e. The fourth-order valence-electron chi connectivity index (χ4n) is 1.92. The van der Waals surface area contributed by atoms with E-state index in [1.165, 1.54) is 0 Å². The lowest BCUT2D eigenvalue weighted by molar-refractivity contribution is -0.117. The summed E-state index contributed by atoms with van der Waals surface area (Å²) in [4.78, 5) is 12.0. The number of nitrogens with two attached hydrogens (primary N) is 1. The van der Waals surface area contributed by atoms with E-state index in [4.69, 9.17) is 5.73 Å². The molecule has 0 fully saturated rings. The van der Waals surface area contributed by atoms with E-state index in [2.05, 4.69) is 5.32 Å². The molecule has 0 aliphatic rings. The molecule has 98 valence electrons. The van der Waals surface area contributed by atoms with Crippen LogP contribution in [0.1, 0.15) is 11.1 Å². The molecule has 0 aliphatic heterocycles. The Balaban J connectivity index is 1.96. The van der Waals surface area contributed by atoms with Crippen LogP contribution in [0.4, 0.5) is 5.69 Å². The third-order valence-electron chi connectivity index (χ3n) is 2.92. The molecule has 0 heterocycles. The zero-order chi connectivity index (χ0) is 13.7. The first-order chi connectivity index (χ1) is 9.15. The van der Waals surface area contributed by atoms with Gasteiger partial charge in [-0.05, 0) is 36.6 Å². The maximum absolute atomic E-state index is 12.0. The molecule has 3 heteroatoms. The van der Waals surface area contributed by atoms with Gasteiger partial charge in [-0.25, -0.2) is 0 Å². The van der Waals surface area contributed by atoms with Crippen molar-refractivity contribution in [3.63, 3.8) is 0 Å². The SMILES string of the molecule is Cc1cccc(NC(=O)[C@@H](N)Cc2ccccc2)c1. The van der Waals surface area contributed by atoms with Crippen molar-refractivity contribution in [2.75, 3.05) is 5.32 Å². The first-order valence-electron chi connectivity index (χ1n) is 6.32. The first-order valence-corrected chi connectivity index (χ1v) is 6.32. The van der Waals surface area contributed by atoms with Gasteiger partial charge in [-0.2, -0.15) is 0 Å². The third-order valence-corrected chi connectivity index (χ3v) is 2.92. The van der Waals surface area contributed by atoms with Crippen molar-refractivity contribution >= 4 is 11.6 Å². The number of aryl methyl sites for hydroxylation is 1. The van der Waals surface area contributed by atoms with Gasteiger partial charge in [0, 0.05) is 5.69 Å². The minimum absolute atomic E-state index is 0.158. The molecule has 0 spiro atoms. The average Bonchev–Trinajstić information content (AvgIpc) is 2.40. The minimum Gasteiger partial charge on any atom is -0.325 e. The van der Waals surface area contributed by atoms with Crippen LogP contribution >= 0.6 is 0 Å². The van der Waals surface area contributed by atoms with Crippen LogP contribution in [0.15, 0.2) is 54.6 Å². The second-order valence-electron chi connectivity index (χ2n) is 4.65. The number of carbonyl (C=O) groups is 1. The molecular formula is C16H18N2O. The van der Waals surface area contributed by atoms with Gasteiger partial charge >= 0.3 is 0 Å². The van der Waals surface area contributed by atoms with Crippen LogP contribution in [0.5, 0.6) is 0 Å². The second-order valence-corrected chi connectivity index (χ2v) is 4.65. The van der Waals surface area contributed by atoms with Crippen LogP contribution in [-0.4, -0.2) is 11.9 Å². The number of hydrogen-bond acceptors (Lipinski definition) is 2. The van der Waals surface area contributed by atoms with Gasteiger partial charge in [-0.15, -0.1) is 0 Å². The van der Waals surface area contributed by atoms with Gasteiger partial charge in [0.15, 0.2) is 0 Å². The van der Waals surface area contributed by atoms with Gasteiger partial charge in [-0.3, -0.25) is 4.79 Å². The molecule has 1 atom stereocenters. The lowest BCUT2D eigenvalue weighted by Crippen LogP contribution is -2.37. The van der Waals surface area contributed by atoms with Gasteiger partial charge in [0.05, 0.1) is 6.04 Å². The molecule has 0 aliphatic carbocycles. The summed E-state index contributed by atoms with van der Waals surface area (Å²) in [5.41, 5.74) is 8.88. The van der Waals surface area contributed by atoms with Gasteiger partial charge in [0.2, 0.25) is 5.91 Å². The Kier molecular flexibility index (Phi) is 4.31. The number of hydrogen-bond donors (Lipinski definition) is 2. The molecule has 0 aromatic heterocycles. The molecular weight excluding hydrogens is 236 g/mol. The van der Waals surface area contributed by atoms with Crippen molar-refractivity contribution in [1.29, 1.82) is 0 Å². The largest absolute Gasteiger partial charge is 0.325 e. The van der Waals surface area contributed by atoms with Crippen LogP contribution in [0.25, 0.3) is 0 Å². The highest BCUT2D eigenvalue weighted by Crippen LogP contribution is 2.10. The molecule has 2 aromatic carbocycles. The van der Waals surface area contributed by atoms with Crippen molar-refractivity contribution in [2.45, 2.75) is 19.4 Å². The molecule has 0 saturated heterocycles. The molecule has 19 heavy (non-hydrogen) atoms.